The molecule has 2 rings (SSSR count). The highest BCUT2D eigenvalue weighted by Gasteiger charge is 2.13. The Morgan fingerprint density at radius 1 is 1.16 bits per heavy atom. The van der Waals surface area contributed by atoms with Gasteiger partial charge in [0.1, 0.15) is 0 Å². The molecular formula is C15H13BrO2S. The van der Waals surface area contributed by atoms with Crippen molar-refractivity contribution in [2.45, 2.75) is 11.8 Å². The molecule has 0 amide bonds. The monoisotopic (exact) mass is 336 g/mol. The van der Waals surface area contributed by atoms with Gasteiger partial charge in [0.05, 0.1) is 16.6 Å². The first-order valence-corrected chi connectivity index (χ1v) is 7.92. The van der Waals surface area contributed by atoms with Crippen molar-refractivity contribution in [2.75, 3.05) is 5.75 Å². The van der Waals surface area contributed by atoms with Crippen LogP contribution in [-0.2, 0) is 10.8 Å². The Balaban J connectivity index is 2.16. The fourth-order valence-electron chi connectivity index (χ4n) is 1.75. The third-order valence-electron chi connectivity index (χ3n) is 2.75. The van der Waals surface area contributed by atoms with Crippen LogP contribution in [0.3, 0.4) is 0 Å². The minimum absolute atomic E-state index is 0.0152. The predicted molar refractivity (Wildman–Crippen MR) is 80.9 cm³/mol. The van der Waals surface area contributed by atoms with Crippen LogP contribution in [0.4, 0.5) is 0 Å². The molecule has 0 heterocycles. The summed E-state index contributed by atoms with van der Waals surface area (Å²) >= 11 is 3.33. The molecule has 2 nitrogen and oxygen atoms in total. The van der Waals surface area contributed by atoms with Crippen LogP contribution in [0.15, 0.2) is 57.9 Å². The third-order valence-corrected chi connectivity index (χ3v) is 4.71. The lowest BCUT2D eigenvalue weighted by molar-refractivity contribution is 0.102. The molecular weight excluding hydrogens is 324 g/mol. The van der Waals surface area contributed by atoms with Crippen LogP contribution in [0.1, 0.15) is 15.9 Å². The van der Waals surface area contributed by atoms with E-state index in [9.17, 15) is 9.00 Å². The van der Waals surface area contributed by atoms with Crippen LogP contribution in [0.5, 0.6) is 0 Å². The molecule has 2 aromatic carbocycles. The summed E-state index contributed by atoms with van der Waals surface area (Å²) in [5.74, 6) is -0.0933. The molecule has 4 heteroatoms. The average molecular weight is 337 g/mol. The van der Waals surface area contributed by atoms with Gasteiger partial charge in [-0.2, -0.15) is 0 Å². The summed E-state index contributed by atoms with van der Waals surface area (Å²) in [5.41, 5.74) is 1.53. The van der Waals surface area contributed by atoms with E-state index in [-0.39, 0.29) is 11.5 Å². The number of carbonyl (C=O) groups is 1. The number of benzene rings is 2. The Morgan fingerprint density at radius 3 is 2.58 bits per heavy atom. The van der Waals surface area contributed by atoms with Crippen molar-refractivity contribution in [3.8, 4) is 0 Å². The van der Waals surface area contributed by atoms with Crippen molar-refractivity contribution < 1.29 is 9.00 Å². The summed E-state index contributed by atoms with van der Waals surface area (Å²) in [4.78, 5) is 12.8. The summed E-state index contributed by atoms with van der Waals surface area (Å²) in [6.07, 6.45) is 0. The summed E-state index contributed by atoms with van der Waals surface area (Å²) in [6.45, 7) is 1.90. The highest BCUT2D eigenvalue weighted by atomic mass is 79.9. The molecule has 98 valence electrons. The van der Waals surface area contributed by atoms with Gasteiger partial charge in [0, 0.05) is 14.9 Å². The normalized spacial score (nSPS) is 12.1. The van der Waals surface area contributed by atoms with Crippen LogP contribution < -0.4 is 0 Å². The Morgan fingerprint density at radius 2 is 1.89 bits per heavy atom. The molecule has 1 unspecified atom stereocenters. The summed E-state index contributed by atoms with van der Waals surface area (Å²) in [6, 6.07) is 14.6. The van der Waals surface area contributed by atoms with Crippen molar-refractivity contribution in [2.24, 2.45) is 0 Å². The van der Waals surface area contributed by atoms with E-state index in [0.29, 0.717) is 5.56 Å². The second-order valence-corrected chi connectivity index (χ2v) is 6.52. The fraction of sp³-hybridized carbons (Fsp3) is 0.133. The van der Waals surface area contributed by atoms with E-state index >= 15 is 0 Å². The molecule has 0 aliphatic rings. The predicted octanol–water partition coefficient (Wildman–Crippen LogP) is 3.75. The zero-order chi connectivity index (χ0) is 13.8. The van der Waals surface area contributed by atoms with Gasteiger partial charge >= 0.3 is 0 Å². The SMILES string of the molecule is Cc1ccccc1S(=O)CC(=O)c1cccc(Br)c1. The smallest absolute Gasteiger partial charge is 0.175 e. The topological polar surface area (TPSA) is 34.1 Å². The fourth-order valence-corrected chi connectivity index (χ4v) is 3.37. The first kappa shape index (κ1) is 14.2. The Labute approximate surface area is 123 Å². The van der Waals surface area contributed by atoms with E-state index < -0.39 is 10.8 Å². The van der Waals surface area contributed by atoms with Gasteiger partial charge < -0.3 is 0 Å². The Hall–Kier alpha value is -1.26. The second kappa shape index (κ2) is 6.26. The van der Waals surface area contributed by atoms with Crippen LogP contribution >= 0.6 is 15.9 Å². The zero-order valence-corrected chi connectivity index (χ0v) is 12.8. The molecule has 19 heavy (non-hydrogen) atoms. The zero-order valence-electron chi connectivity index (χ0n) is 10.4. The van der Waals surface area contributed by atoms with Crippen LogP contribution in [-0.4, -0.2) is 15.7 Å². The first-order valence-electron chi connectivity index (χ1n) is 5.80. The van der Waals surface area contributed by atoms with Crippen molar-refractivity contribution in [3.05, 3.63) is 64.1 Å². The largest absolute Gasteiger partial charge is 0.293 e. The lowest BCUT2D eigenvalue weighted by Gasteiger charge is -2.05. The lowest BCUT2D eigenvalue weighted by atomic mass is 10.2. The maximum absolute atomic E-state index is 12.2. The summed E-state index contributed by atoms with van der Waals surface area (Å²) < 4.78 is 13.1. The number of carbonyl (C=O) groups excluding carboxylic acids is 1. The minimum Gasteiger partial charge on any atom is -0.293 e. The van der Waals surface area contributed by atoms with Gasteiger partial charge in [0.2, 0.25) is 0 Å². The van der Waals surface area contributed by atoms with E-state index in [0.717, 1.165) is 14.9 Å². The van der Waals surface area contributed by atoms with E-state index in [1.807, 2.05) is 31.2 Å². The van der Waals surface area contributed by atoms with Crippen molar-refractivity contribution in [3.63, 3.8) is 0 Å². The lowest BCUT2D eigenvalue weighted by Crippen LogP contribution is -2.11. The van der Waals surface area contributed by atoms with E-state index in [1.165, 1.54) is 0 Å². The van der Waals surface area contributed by atoms with Gasteiger partial charge in [-0.25, -0.2) is 0 Å². The number of hydrogen-bond donors (Lipinski definition) is 0. The van der Waals surface area contributed by atoms with Gasteiger partial charge in [-0.15, -0.1) is 0 Å². The highest BCUT2D eigenvalue weighted by Crippen LogP contribution is 2.16. The van der Waals surface area contributed by atoms with Gasteiger partial charge in [0.15, 0.2) is 5.78 Å². The molecule has 2 aromatic rings. The quantitative estimate of drug-likeness (QED) is 0.797. The number of Topliss-reactive ketones (excluding diaryl/α,β-unsaturated/α-hetero) is 1. The highest BCUT2D eigenvalue weighted by molar-refractivity contribution is 9.10. The van der Waals surface area contributed by atoms with E-state index in [4.69, 9.17) is 0 Å². The van der Waals surface area contributed by atoms with Crippen LogP contribution in [0, 0.1) is 6.92 Å². The number of ketones is 1. The molecule has 0 saturated carbocycles. The molecule has 1 atom stereocenters. The Kier molecular flexibility index (Phi) is 4.66. The Bertz CT molecular complexity index is 638. The first-order chi connectivity index (χ1) is 9.08. The molecule has 0 saturated heterocycles. The maximum Gasteiger partial charge on any atom is 0.175 e. The molecule has 0 aromatic heterocycles. The second-order valence-electron chi connectivity index (χ2n) is 4.19. The molecule has 0 N–H and O–H groups in total. The number of hydrogen-bond acceptors (Lipinski definition) is 2. The number of halogens is 1. The molecule has 0 aliphatic heterocycles. The molecule has 0 aliphatic carbocycles. The number of rotatable bonds is 4. The standard InChI is InChI=1S/C15H13BrO2S/c1-11-5-2-3-8-15(11)19(18)10-14(17)12-6-4-7-13(16)9-12/h2-9H,10H2,1H3. The van der Waals surface area contributed by atoms with Crippen LogP contribution in [0.25, 0.3) is 0 Å². The maximum atomic E-state index is 12.2. The van der Waals surface area contributed by atoms with E-state index in [1.54, 1.807) is 24.3 Å². The summed E-state index contributed by atoms with van der Waals surface area (Å²) in [7, 11) is -1.30. The molecule has 0 spiro atoms. The average Bonchev–Trinajstić information content (AvgIpc) is 2.39. The molecule has 0 bridgehead atoms. The van der Waals surface area contributed by atoms with Gasteiger partial charge in [-0.1, -0.05) is 46.3 Å². The van der Waals surface area contributed by atoms with E-state index in [2.05, 4.69) is 15.9 Å². The minimum atomic E-state index is -1.30. The third kappa shape index (κ3) is 3.61. The van der Waals surface area contributed by atoms with Gasteiger partial charge in [0.25, 0.3) is 0 Å². The summed E-state index contributed by atoms with van der Waals surface area (Å²) in [5, 5.41) is 0. The molecule has 0 fully saturated rings. The van der Waals surface area contributed by atoms with Crippen molar-refractivity contribution >= 4 is 32.5 Å². The number of aryl methyl sites for hydroxylation is 1. The van der Waals surface area contributed by atoms with Crippen LogP contribution in [0.2, 0.25) is 0 Å². The van der Waals surface area contributed by atoms with Gasteiger partial charge in [-0.05, 0) is 30.7 Å². The van der Waals surface area contributed by atoms with Gasteiger partial charge in [-0.3, -0.25) is 9.00 Å². The van der Waals surface area contributed by atoms with Crippen molar-refractivity contribution in [1.82, 2.24) is 0 Å². The van der Waals surface area contributed by atoms with Crippen molar-refractivity contribution in [1.29, 1.82) is 0 Å². The molecule has 0 radical (unpaired) electrons.